The lowest BCUT2D eigenvalue weighted by atomic mass is 9.60. The molecule has 7 aromatic carbocycles. The maximum atomic E-state index is 6.80. The monoisotopic (exact) mass is 790 g/mol. The first-order chi connectivity index (χ1) is 29.4. The second-order valence-electron chi connectivity index (χ2n) is 17.1. The Balaban J connectivity index is 1.15. The molecule has 0 amide bonds. The van der Waals surface area contributed by atoms with Crippen molar-refractivity contribution in [2.75, 3.05) is 0 Å². The van der Waals surface area contributed by atoms with Gasteiger partial charge in [-0.2, -0.15) is 0 Å². The van der Waals surface area contributed by atoms with Crippen LogP contribution in [0.3, 0.4) is 0 Å². The summed E-state index contributed by atoms with van der Waals surface area (Å²) < 4.78 is 11.9. The van der Waals surface area contributed by atoms with Crippen molar-refractivity contribution in [2.24, 2.45) is 0 Å². The van der Waals surface area contributed by atoms with Gasteiger partial charge in [-0.05, 0) is 42.5 Å². The molecule has 4 aromatic heterocycles. The van der Waals surface area contributed by atoms with E-state index in [1.165, 1.54) is 96.6 Å². The summed E-state index contributed by atoms with van der Waals surface area (Å²) in [5.74, 6) is 2.02. The highest BCUT2D eigenvalue weighted by Crippen LogP contribution is 2.45. The summed E-state index contributed by atoms with van der Waals surface area (Å²) >= 11 is 1.88. The van der Waals surface area contributed by atoms with E-state index >= 15 is 0 Å². The fraction of sp³-hybridized carbons (Fsp3) is 0. The smallest absolute Gasteiger partial charge is 0.164 e. The molecule has 0 bridgehead atoms. The number of aromatic nitrogens is 4. The van der Waals surface area contributed by atoms with Crippen molar-refractivity contribution in [1.29, 1.82) is 0 Å². The van der Waals surface area contributed by atoms with Gasteiger partial charge in [0.05, 0.1) is 22.1 Å². The highest BCUT2D eigenvalue weighted by molar-refractivity contribution is 7.26. The van der Waals surface area contributed by atoms with Crippen molar-refractivity contribution in [3.8, 4) is 39.9 Å². The van der Waals surface area contributed by atoms with Crippen molar-refractivity contribution in [2.45, 2.75) is 0 Å². The second kappa shape index (κ2) is 13.8. The van der Waals surface area contributed by atoms with Crippen LogP contribution in [0.1, 0.15) is 0 Å². The lowest BCUT2D eigenvalue weighted by Crippen LogP contribution is -2.55. The van der Waals surface area contributed by atoms with E-state index in [-0.39, 0.29) is 0 Å². The molecule has 0 fully saturated rings. The number of rotatable bonds is 4. The molecule has 278 valence electrons. The van der Waals surface area contributed by atoms with Gasteiger partial charge in [-0.1, -0.05) is 76.4 Å². The minimum absolute atomic E-state index is 0.627. The summed E-state index contributed by atoms with van der Waals surface area (Å²) in [7, 11) is 22.0. The van der Waals surface area contributed by atoms with Crippen molar-refractivity contribution in [3.63, 3.8) is 0 Å². The van der Waals surface area contributed by atoms with Crippen LogP contribution in [-0.2, 0) is 0 Å². The Bertz CT molecular complexity index is 3600. The van der Waals surface area contributed by atoms with E-state index in [1.54, 1.807) is 0 Å². The molecule has 0 atom stereocenters. The summed E-state index contributed by atoms with van der Waals surface area (Å²) in [5.41, 5.74) is 20.6. The predicted octanol–water partition coefficient (Wildman–Crippen LogP) is -5.18. The van der Waals surface area contributed by atoms with Gasteiger partial charge >= 0.3 is 0 Å². The maximum Gasteiger partial charge on any atom is 0.164 e. The standard InChI is InChI=1S/C45H36B10N4OS/c46-32-30(33(47)37(51)40(54)36(32)50)44-56-43(57-45(58-44)31-34(48)38(52)41(55)39(53)35(31)49)17-12-13-21-26(16-17)60-25-10-5-9-23(28(21)25)59-22-8-3-1-7-20(22)29-24(59)15-14-19-18-6-2-4-11-27(18)61-42(19)29/h1-16H,46-55H2. The number of para-hydroxylation sites is 1. The third-order valence-electron chi connectivity index (χ3n) is 14.2. The van der Waals surface area contributed by atoms with Gasteiger partial charge in [-0.25, -0.2) is 15.0 Å². The van der Waals surface area contributed by atoms with E-state index in [4.69, 9.17) is 19.4 Å². The Kier molecular flexibility index (Phi) is 8.57. The maximum absolute atomic E-state index is 6.80. The highest BCUT2D eigenvalue weighted by atomic mass is 32.1. The zero-order valence-corrected chi connectivity index (χ0v) is 37.2. The second-order valence-corrected chi connectivity index (χ2v) is 18.1. The van der Waals surface area contributed by atoms with E-state index in [1.807, 2.05) is 11.3 Å². The van der Waals surface area contributed by atoms with E-state index in [0.717, 1.165) is 44.3 Å². The average Bonchev–Trinajstić information content (AvgIpc) is 3.95. The molecule has 11 rings (SSSR count). The van der Waals surface area contributed by atoms with Crippen LogP contribution in [0, 0.1) is 0 Å². The normalized spacial score (nSPS) is 11.9. The number of hydrogen-bond acceptors (Lipinski definition) is 5. The van der Waals surface area contributed by atoms with E-state index in [0.29, 0.717) is 17.5 Å². The lowest BCUT2D eigenvalue weighted by molar-refractivity contribution is 0.669. The van der Waals surface area contributed by atoms with Crippen LogP contribution in [-0.4, -0.2) is 98.0 Å². The minimum atomic E-state index is 0.627. The van der Waals surface area contributed by atoms with Gasteiger partial charge in [-0.3, -0.25) is 0 Å². The number of furan rings is 1. The minimum Gasteiger partial charge on any atom is -0.456 e. The molecule has 0 aliphatic rings. The van der Waals surface area contributed by atoms with Crippen LogP contribution < -0.4 is 54.6 Å². The number of fused-ring (bicyclic) bond motifs is 10. The molecule has 4 heterocycles. The van der Waals surface area contributed by atoms with Crippen LogP contribution in [0.15, 0.2) is 101 Å². The number of hydrogen-bond donors (Lipinski definition) is 0. The largest absolute Gasteiger partial charge is 0.456 e. The number of thiophene rings is 1. The molecule has 0 aliphatic heterocycles. The molecule has 0 saturated heterocycles. The van der Waals surface area contributed by atoms with E-state index in [2.05, 4.69) is 180 Å². The SMILES string of the molecule is Bc1c(B)c(B)c(-c2nc(-c3ccc4c(c3)oc3cccc(-n5c6ccccc6c6c7sc8ccccc8c7ccc65)c34)nc(-c3c(B)c(B)c(B)c(B)c3B)n2)c(B)c1B. The molecule has 5 nitrogen and oxygen atoms in total. The molecule has 0 saturated carbocycles. The predicted molar refractivity (Wildman–Crippen MR) is 292 cm³/mol. The van der Waals surface area contributed by atoms with Gasteiger partial charge in [-0.15, -0.1) is 44.1 Å². The average molecular weight is 789 g/mol. The van der Waals surface area contributed by atoms with E-state index in [9.17, 15) is 0 Å². The fourth-order valence-corrected chi connectivity index (χ4v) is 11.3. The first-order valence-corrected chi connectivity index (χ1v) is 21.9. The van der Waals surface area contributed by atoms with Crippen molar-refractivity contribution in [1.82, 2.24) is 19.5 Å². The third-order valence-corrected chi connectivity index (χ3v) is 15.4. The van der Waals surface area contributed by atoms with Gasteiger partial charge in [0, 0.05) is 53.0 Å². The Morgan fingerprint density at radius 2 is 0.984 bits per heavy atom. The first-order valence-electron chi connectivity index (χ1n) is 21.1. The number of nitrogens with zero attached hydrogens (tertiary/aromatic N) is 4. The van der Waals surface area contributed by atoms with Gasteiger partial charge in [0.25, 0.3) is 0 Å². The van der Waals surface area contributed by atoms with Crippen molar-refractivity contribution in [3.05, 3.63) is 97.1 Å². The molecule has 0 N–H and O–H groups in total. The Hall–Kier alpha value is -5.98. The summed E-state index contributed by atoms with van der Waals surface area (Å²) in [6, 6.07) is 35.0. The summed E-state index contributed by atoms with van der Waals surface area (Å²) in [6.07, 6.45) is 0. The molecular formula is C45H36B10N4OS. The number of benzene rings is 7. The molecular weight excluding hydrogens is 753 g/mol. The van der Waals surface area contributed by atoms with Gasteiger partial charge < -0.3 is 8.98 Å². The molecule has 0 aliphatic carbocycles. The molecule has 0 unspecified atom stereocenters. The Labute approximate surface area is 367 Å². The lowest BCUT2D eigenvalue weighted by Gasteiger charge is -2.22. The zero-order chi connectivity index (χ0) is 42.2. The van der Waals surface area contributed by atoms with Crippen LogP contribution in [0.25, 0.3) is 104 Å². The van der Waals surface area contributed by atoms with Crippen molar-refractivity contribution < 1.29 is 4.42 Å². The first kappa shape index (κ1) is 38.0. The van der Waals surface area contributed by atoms with Gasteiger partial charge in [0.1, 0.15) is 89.6 Å². The van der Waals surface area contributed by atoms with Crippen LogP contribution in [0.5, 0.6) is 0 Å². The van der Waals surface area contributed by atoms with Crippen LogP contribution >= 0.6 is 11.3 Å². The zero-order valence-electron chi connectivity index (χ0n) is 36.3. The highest BCUT2D eigenvalue weighted by Gasteiger charge is 2.24. The quantitative estimate of drug-likeness (QED) is 0.168. The molecule has 61 heavy (non-hydrogen) atoms. The third kappa shape index (κ3) is 5.43. The Morgan fingerprint density at radius 1 is 0.426 bits per heavy atom. The van der Waals surface area contributed by atoms with Crippen LogP contribution in [0.2, 0.25) is 0 Å². The summed E-state index contributed by atoms with van der Waals surface area (Å²) in [4.78, 5) is 16.0. The van der Waals surface area contributed by atoms with Gasteiger partial charge in [0.15, 0.2) is 17.5 Å². The fourth-order valence-electron chi connectivity index (χ4n) is 10.0. The van der Waals surface area contributed by atoms with Crippen LogP contribution in [0.4, 0.5) is 0 Å². The Morgan fingerprint density at radius 3 is 1.64 bits per heavy atom. The van der Waals surface area contributed by atoms with E-state index < -0.39 is 0 Å². The molecule has 16 heteroatoms. The molecule has 0 spiro atoms. The van der Waals surface area contributed by atoms with Gasteiger partial charge in [0.2, 0.25) is 0 Å². The summed E-state index contributed by atoms with van der Waals surface area (Å²) in [5, 5.41) is 7.27. The molecule has 11 aromatic rings. The summed E-state index contributed by atoms with van der Waals surface area (Å²) in [6.45, 7) is 0. The molecule has 0 radical (unpaired) electrons. The topological polar surface area (TPSA) is 56.7 Å². The van der Waals surface area contributed by atoms with Crippen molar-refractivity contribution >= 4 is 208 Å².